The highest BCUT2D eigenvalue weighted by atomic mass is 16.2. The molecule has 1 N–H and O–H groups in total. The van der Waals surface area contributed by atoms with Crippen LogP contribution in [0.15, 0.2) is 42.2 Å². The summed E-state index contributed by atoms with van der Waals surface area (Å²) in [5.74, 6) is 0.728. The Morgan fingerprint density at radius 1 is 1.11 bits per heavy atom. The second-order valence-corrected chi connectivity index (χ2v) is 7.65. The molecule has 1 aromatic heterocycles. The number of hydrogen-bond acceptors (Lipinski definition) is 4. The summed E-state index contributed by atoms with van der Waals surface area (Å²) in [7, 11) is 0. The van der Waals surface area contributed by atoms with Crippen molar-refractivity contribution in [3.63, 3.8) is 0 Å². The summed E-state index contributed by atoms with van der Waals surface area (Å²) in [4.78, 5) is 24.9. The van der Waals surface area contributed by atoms with E-state index in [0.717, 1.165) is 29.8 Å². The van der Waals surface area contributed by atoms with Crippen molar-refractivity contribution < 1.29 is 9.59 Å². The van der Waals surface area contributed by atoms with Gasteiger partial charge in [0.05, 0.1) is 13.0 Å². The summed E-state index contributed by atoms with van der Waals surface area (Å²) >= 11 is 0. The highest BCUT2D eigenvalue weighted by molar-refractivity contribution is 6.10. The fourth-order valence-corrected chi connectivity index (χ4v) is 4.33. The van der Waals surface area contributed by atoms with Gasteiger partial charge < -0.3 is 9.88 Å². The van der Waals surface area contributed by atoms with Crippen molar-refractivity contribution in [2.45, 2.75) is 64.0 Å². The largest absolute Gasteiger partial charge is 0.349 e. The van der Waals surface area contributed by atoms with Crippen molar-refractivity contribution in [1.82, 2.24) is 20.1 Å². The number of aromatic nitrogens is 3. The number of amides is 1. The van der Waals surface area contributed by atoms with E-state index < -0.39 is 0 Å². The topological polar surface area (TPSA) is 76.9 Å². The van der Waals surface area contributed by atoms with Gasteiger partial charge in [-0.3, -0.25) is 9.59 Å². The summed E-state index contributed by atoms with van der Waals surface area (Å²) in [5, 5.41) is 11.2. The van der Waals surface area contributed by atoms with Crippen LogP contribution in [-0.4, -0.2) is 26.5 Å². The molecule has 0 aliphatic heterocycles. The molecule has 2 aliphatic carbocycles. The van der Waals surface area contributed by atoms with Crippen LogP contribution in [0.3, 0.4) is 0 Å². The van der Waals surface area contributed by atoms with Crippen molar-refractivity contribution >= 4 is 17.3 Å². The van der Waals surface area contributed by atoms with E-state index >= 15 is 0 Å². The lowest BCUT2D eigenvalue weighted by molar-refractivity contribution is -0.122. The van der Waals surface area contributed by atoms with E-state index in [-0.39, 0.29) is 18.1 Å². The molecular weight excluding hydrogens is 352 g/mol. The number of carbonyl (C=O) groups excluding carboxylic acids is 2. The van der Waals surface area contributed by atoms with Crippen molar-refractivity contribution in [2.24, 2.45) is 0 Å². The van der Waals surface area contributed by atoms with Gasteiger partial charge in [-0.25, -0.2) is 0 Å². The Morgan fingerprint density at radius 2 is 1.89 bits per heavy atom. The first-order valence-corrected chi connectivity index (χ1v) is 10.2. The number of rotatable bonds is 6. The molecule has 0 spiro atoms. The molecule has 2 aliphatic rings. The number of carbonyl (C=O) groups is 2. The molecular formula is C22H26N4O2. The summed E-state index contributed by atoms with van der Waals surface area (Å²) < 4.78 is 2.11. The SMILES string of the molecule is O=C(CC1=C(c2ccccc2)CCC1=O)NCc1nncn1C1CCCCC1. The maximum Gasteiger partial charge on any atom is 0.224 e. The molecule has 0 atom stereocenters. The maximum absolute atomic E-state index is 12.5. The molecule has 0 saturated heterocycles. The molecule has 1 fully saturated rings. The van der Waals surface area contributed by atoms with Crippen LogP contribution in [-0.2, 0) is 16.1 Å². The number of nitrogens with one attached hydrogen (secondary N) is 1. The van der Waals surface area contributed by atoms with Crippen molar-refractivity contribution in [1.29, 1.82) is 0 Å². The average molecular weight is 378 g/mol. The predicted molar refractivity (Wildman–Crippen MR) is 106 cm³/mol. The fraction of sp³-hybridized carbons (Fsp3) is 0.455. The summed E-state index contributed by atoms with van der Waals surface area (Å²) in [6.07, 6.45) is 9.12. The quantitative estimate of drug-likeness (QED) is 0.833. The second kappa shape index (κ2) is 8.50. The smallest absolute Gasteiger partial charge is 0.224 e. The normalized spacial score (nSPS) is 17.9. The van der Waals surface area contributed by atoms with Crippen molar-refractivity contribution in [3.8, 4) is 0 Å². The number of hydrogen-bond donors (Lipinski definition) is 1. The third kappa shape index (κ3) is 4.06. The molecule has 28 heavy (non-hydrogen) atoms. The Hall–Kier alpha value is -2.76. The summed E-state index contributed by atoms with van der Waals surface area (Å²) in [5.41, 5.74) is 2.69. The average Bonchev–Trinajstić information content (AvgIpc) is 3.35. The Labute approximate surface area is 165 Å². The fourth-order valence-electron chi connectivity index (χ4n) is 4.33. The van der Waals surface area contributed by atoms with Crippen molar-refractivity contribution in [3.05, 3.63) is 53.6 Å². The van der Waals surface area contributed by atoms with Crippen LogP contribution < -0.4 is 5.32 Å². The number of nitrogens with zero attached hydrogens (tertiary/aromatic N) is 3. The number of ketones is 1. The van der Waals surface area contributed by atoms with Crippen molar-refractivity contribution in [2.75, 3.05) is 0 Å². The second-order valence-electron chi connectivity index (χ2n) is 7.65. The standard InChI is InChI=1S/C22H26N4O2/c27-20-12-11-18(16-7-3-1-4-8-16)19(20)13-22(28)23-14-21-25-24-15-26(21)17-9-5-2-6-10-17/h1,3-4,7-8,15,17H,2,5-6,9-14H2,(H,23,28). The van der Waals surface area contributed by atoms with Crippen LogP contribution in [0.25, 0.3) is 5.57 Å². The highest BCUT2D eigenvalue weighted by Gasteiger charge is 2.26. The van der Waals surface area contributed by atoms with E-state index in [1.165, 1.54) is 19.3 Å². The zero-order valence-electron chi connectivity index (χ0n) is 16.1. The molecule has 6 nitrogen and oxygen atoms in total. The molecule has 0 bridgehead atoms. The van der Waals surface area contributed by atoms with E-state index in [1.807, 2.05) is 30.3 Å². The molecule has 146 valence electrons. The zero-order valence-corrected chi connectivity index (χ0v) is 16.1. The molecule has 2 aromatic rings. The van der Waals surface area contributed by atoms with Gasteiger partial charge in [-0.15, -0.1) is 10.2 Å². The van der Waals surface area contributed by atoms with Gasteiger partial charge in [-0.2, -0.15) is 0 Å². The zero-order chi connectivity index (χ0) is 19.3. The van der Waals surface area contributed by atoms with Gasteiger partial charge in [0.2, 0.25) is 5.91 Å². The Balaban J connectivity index is 1.41. The number of benzene rings is 1. The van der Waals surface area contributed by atoms with Crippen LogP contribution >= 0.6 is 0 Å². The predicted octanol–water partition coefficient (Wildman–Crippen LogP) is 3.61. The first-order valence-electron chi connectivity index (χ1n) is 10.2. The minimum atomic E-state index is -0.142. The monoisotopic (exact) mass is 378 g/mol. The van der Waals surface area contributed by atoms with E-state index in [0.29, 0.717) is 31.0 Å². The van der Waals surface area contributed by atoms with Gasteiger partial charge in [-0.1, -0.05) is 49.6 Å². The molecule has 0 unspecified atom stereocenters. The van der Waals surface area contributed by atoms with Gasteiger partial charge in [-0.05, 0) is 30.4 Å². The van der Waals surface area contributed by atoms with Gasteiger partial charge in [0.1, 0.15) is 6.33 Å². The third-order valence-corrected chi connectivity index (χ3v) is 5.82. The van der Waals surface area contributed by atoms with Gasteiger partial charge in [0.25, 0.3) is 0 Å². The lowest BCUT2D eigenvalue weighted by atomic mass is 9.95. The van der Waals surface area contributed by atoms with Gasteiger partial charge >= 0.3 is 0 Å². The van der Waals surface area contributed by atoms with Crippen LogP contribution in [0.4, 0.5) is 0 Å². The minimum absolute atomic E-state index is 0.0828. The lowest BCUT2D eigenvalue weighted by Gasteiger charge is -2.24. The lowest BCUT2D eigenvalue weighted by Crippen LogP contribution is -2.26. The van der Waals surface area contributed by atoms with Crippen LogP contribution in [0.5, 0.6) is 0 Å². The molecule has 4 rings (SSSR count). The van der Waals surface area contributed by atoms with E-state index in [2.05, 4.69) is 20.1 Å². The maximum atomic E-state index is 12.5. The Morgan fingerprint density at radius 3 is 2.68 bits per heavy atom. The van der Waals surface area contributed by atoms with Gasteiger partial charge in [0.15, 0.2) is 11.6 Å². The molecule has 1 amide bonds. The molecule has 1 aromatic carbocycles. The van der Waals surface area contributed by atoms with E-state index in [9.17, 15) is 9.59 Å². The first-order chi connectivity index (χ1) is 13.7. The van der Waals surface area contributed by atoms with Crippen LogP contribution in [0.1, 0.15) is 68.8 Å². The minimum Gasteiger partial charge on any atom is -0.349 e. The van der Waals surface area contributed by atoms with E-state index in [4.69, 9.17) is 0 Å². The highest BCUT2D eigenvalue weighted by Crippen LogP contribution is 2.33. The molecule has 1 heterocycles. The molecule has 0 radical (unpaired) electrons. The molecule has 6 heteroatoms. The number of allylic oxidation sites excluding steroid dienone is 1. The van der Waals surface area contributed by atoms with Crippen LogP contribution in [0, 0.1) is 0 Å². The molecule has 1 saturated carbocycles. The van der Waals surface area contributed by atoms with Crippen LogP contribution in [0.2, 0.25) is 0 Å². The number of Topliss-reactive ketones (excluding diaryl/α,β-unsaturated/α-hetero) is 1. The van der Waals surface area contributed by atoms with Gasteiger partial charge in [0, 0.05) is 18.0 Å². The van der Waals surface area contributed by atoms with E-state index in [1.54, 1.807) is 6.33 Å². The third-order valence-electron chi connectivity index (χ3n) is 5.82. The summed E-state index contributed by atoms with van der Waals surface area (Å²) in [6.45, 7) is 0.345. The summed E-state index contributed by atoms with van der Waals surface area (Å²) in [6, 6.07) is 10.3. The Kier molecular flexibility index (Phi) is 5.65. The Bertz CT molecular complexity index is 879. The first kappa shape index (κ1) is 18.6.